The van der Waals surface area contributed by atoms with Gasteiger partial charge in [-0.3, -0.25) is 0 Å². The lowest BCUT2D eigenvalue weighted by Gasteiger charge is -2.39. The van der Waals surface area contributed by atoms with Crippen LogP contribution in [0.3, 0.4) is 0 Å². The van der Waals surface area contributed by atoms with Crippen LogP contribution in [0.2, 0.25) is 0 Å². The van der Waals surface area contributed by atoms with Gasteiger partial charge in [0.25, 0.3) is 0 Å². The van der Waals surface area contributed by atoms with Crippen molar-refractivity contribution in [2.24, 2.45) is 17.3 Å². The maximum atomic E-state index is 6.00. The van der Waals surface area contributed by atoms with Crippen LogP contribution in [0, 0.1) is 17.3 Å². The number of hydrogen-bond donors (Lipinski definition) is 0. The Morgan fingerprint density at radius 2 is 1.67 bits per heavy atom. The summed E-state index contributed by atoms with van der Waals surface area (Å²) in [6, 6.07) is 0. The molecule has 0 spiro atoms. The summed E-state index contributed by atoms with van der Waals surface area (Å²) < 4.78 is 22.5. The molecule has 4 aliphatic rings. The Bertz CT molecular complexity index is 351. The molecular formula is C16H26O4S. The maximum absolute atomic E-state index is 6.00. The molecule has 5 atom stereocenters. The minimum atomic E-state index is 0.251. The Hall–Kier alpha value is 0.190. The van der Waals surface area contributed by atoms with Gasteiger partial charge in [0.15, 0.2) is 0 Å². The number of hydrogen-bond acceptors (Lipinski definition) is 5. The topological polar surface area (TPSA) is 43.5 Å². The van der Waals surface area contributed by atoms with Gasteiger partial charge in [-0.15, -0.1) is 0 Å². The highest BCUT2D eigenvalue weighted by Crippen LogP contribution is 2.58. The Kier molecular flexibility index (Phi) is 4.22. The van der Waals surface area contributed by atoms with E-state index in [4.69, 9.17) is 18.9 Å². The van der Waals surface area contributed by atoms with E-state index in [1.807, 2.05) is 0 Å². The van der Waals surface area contributed by atoms with Crippen molar-refractivity contribution in [1.82, 2.24) is 0 Å². The van der Waals surface area contributed by atoms with Gasteiger partial charge < -0.3 is 18.9 Å². The molecule has 4 rings (SSSR count). The molecule has 0 aromatic rings. The largest absolute Gasteiger partial charge is 0.378 e. The first kappa shape index (κ1) is 14.8. The molecule has 2 aliphatic carbocycles. The molecule has 2 saturated heterocycles. The quantitative estimate of drug-likeness (QED) is 0.609. The summed E-state index contributed by atoms with van der Waals surface area (Å²) in [5.41, 5.74) is 0.251. The van der Waals surface area contributed by atoms with Crippen LogP contribution in [0.5, 0.6) is 0 Å². The molecule has 0 radical (unpaired) electrons. The van der Waals surface area contributed by atoms with Crippen molar-refractivity contribution in [3.8, 4) is 0 Å². The van der Waals surface area contributed by atoms with E-state index in [1.165, 1.54) is 19.3 Å². The molecule has 2 saturated carbocycles. The van der Waals surface area contributed by atoms with Gasteiger partial charge in [-0.25, -0.2) is 0 Å². The fourth-order valence-electron chi connectivity index (χ4n) is 4.29. The second-order valence-electron chi connectivity index (χ2n) is 7.21. The Balaban J connectivity index is 1.33. The van der Waals surface area contributed by atoms with Crippen LogP contribution >= 0.6 is 11.8 Å². The van der Waals surface area contributed by atoms with E-state index in [0.717, 1.165) is 56.7 Å². The van der Waals surface area contributed by atoms with E-state index >= 15 is 0 Å². The molecule has 0 aromatic heterocycles. The predicted octanol–water partition coefficient (Wildman–Crippen LogP) is 1.97. The van der Waals surface area contributed by atoms with Crippen molar-refractivity contribution in [3.05, 3.63) is 0 Å². The molecule has 0 aromatic carbocycles. The van der Waals surface area contributed by atoms with Gasteiger partial charge in [0.1, 0.15) is 12.2 Å². The Morgan fingerprint density at radius 1 is 1.05 bits per heavy atom. The van der Waals surface area contributed by atoms with Crippen LogP contribution in [0.1, 0.15) is 19.3 Å². The van der Waals surface area contributed by atoms with E-state index < -0.39 is 0 Å². The molecule has 2 heterocycles. The highest BCUT2D eigenvalue weighted by atomic mass is 32.2. The van der Waals surface area contributed by atoms with E-state index in [9.17, 15) is 0 Å². The van der Waals surface area contributed by atoms with E-state index in [-0.39, 0.29) is 5.41 Å². The summed E-state index contributed by atoms with van der Waals surface area (Å²) in [6.45, 7) is 4.97. The van der Waals surface area contributed by atoms with Crippen molar-refractivity contribution in [1.29, 1.82) is 0 Å². The first-order chi connectivity index (χ1) is 10.3. The zero-order valence-corrected chi connectivity index (χ0v) is 13.6. The third-order valence-corrected chi connectivity index (χ3v) is 6.84. The number of epoxide rings is 2. The SMILES string of the molecule is CSC1CC2CC1CC2(COCC1CO1)COCC1CO1. The molecule has 120 valence electrons. The number of thioether (sulfide) groups is 1. The van der Waals surface area contributed by atoms with Crippen LogP contribution in [-0.2, 0) is 18.9 Å². The Labute approximate surface area is 131 Å². The van der Waals surface area contributed by atoms with Gasteiger partial charge in [0.2, 0.25) is 0 Å². The van der Waals surface area contributed by atoms with Crippen molar-refractivity contribution in [3.63, 3.8) is 0 Å². The van der Waals surface area contributed by atoms with Crippen LogP contribution in [0.25, 0.3) is 0 Å². The maximum Gasteiger partial charge on any atom is 0.104 e. The van der Waals surface area contributed by atoms with Crippen molar-refractivity contribution in [2.45, 2.75) is 36.7 Å². The third-order valence-electron chi connectivity index (χ3n) is 5.66. The molecular weight excluding hydrogens is 288 g/mol. The summed E-state index contributed by atoms with van der Waals surface area (Å²) in [5.74, 6) is 1.65. The van der Waals surface area contributed by atoms with Crippen LogP contribution in [0.4, 0.5) is 0 Å². The van der Waals surface area contributed by atoms with Gasteiger partial charge in [0.05, 0.1) is 39.6 Å². The zero-order valence-electron chi connectivity index (χ0n) is 12.8. The number of fused-ring (bicyclic) bond motifs is 2. The van der Waals surface area contributed by atoms with Crippen LogP contribution < -0.4 is 0 Å². The summed E-state index contributed by atoms with van der Waals surface area (Å²) in [6.07, 6.45) is 6.98. The summed E-state index contributed by atoms with van der Waals surface area (Å²) in [7, 11) is 0. The van der Waals surface area contributed by atoms with Crippen LogP contribution in [-0.4, -0.2) is 63.4 Å². The molecule has 4 nitrogen and oxygen atoms in total. The van der Waals surface area contributed by atoms with E-state index in [1.54, 1.807) is 0 Å². The minimum absolute atomic E-state index is 0.251. The number of ether oxygens (including phenoxy) is 4. The first-order valence-corrected chi connectivity index (χ1v) is 9.49. The predicted molar refractivity (Wildman–Crippen MR) is 81.7 cm³/mol. The average molecular weight is 314 g/mol. The summed E-state index contributed by atoms with van der Waals surface area (Å²) >= 11 is 2.05. The highest BCUT2D eigenvalue weighted by Gasteiger charge is 2.55. The first-order valence-electron chi connectivity index (χ1n) is 8.20. The lowest BCUT2D eigenvalue weighted by molar-refractivity contribution is -0.0564. The standard InChI is InChI=1S/C16H26O4S/c1-21-15-3-12-2-11(15)4-16(12,9-17-5-13-7-19-13)10-18-6-14-8-20-14/h11-15H,2-10H2,1H3. The molecule has 4 fully saturated rings. The number of rotatable bonds is 9. The molecule has 21 heavy (non-hydrogen) atoms. The fraction of sp³-hybridized carbons (Fsp3) is 1.00. The third kappa shape index (κ3) is 3.27. The van der Waals surface area contributed by atoms with Gasteiger partial charge in [-0.2, -0.15) is 11.8 Å². The van der Waals surface area contributed by atoms with Crippen LogP contribution in [0.15, 0.2) is 0 Å². The zero-order chi connectivity index (χ0) is 14.3. The van der Waals surface area contributed by atoms with Crippen molar-refractivity contribution < 1.29 is 18.9 Å². The molecule has 5 heteroatoms. The lowest BCUT2D eigenvalue weighted by Crippen LogP contribution is -2.40. The van der Waals surface area contributed by atoms with Gasteiger partial charge >= 0.3 is 0 Å². The fourth-order valence-corrected chi connectivity index (χ4v) is 5.31. The molecule has 2 aliphatic heterocycles. The second kappa shape index (κ2) is 6.00. The molecule has 0 amide bonds. The summed E-state index contributed by atoms with van der Waals surface area (Å²) in [5, 5.41) is 0.863. The smallest absolute Gasteiger partial charge is 0.104 e. The monoisotopic (exact) mass is 314 g/mol. The highest BCUT2D eigenvalue weighted by molar-refractivity contribution is 7.99. The molecule has 0 N–H and O–H groups in total. The minimum Gasteiger partial charge on any atom is -0.378 e. The second-order valence-corrected chi connectivity index (χ2v) is 8.29. The Morgan fingerprint density at radius 3 is 2.10 bits per heavy atom. The summed E-state index contributed by atoms with van der Waals surface area (Å²) in [4.78, 5) is 0. The van der Waals surface area contributed by atoms with E-state index in [0.29, 0.717) is 12.2 Å². The normalized spacial score (nSPS) is 47.0. The van der Waals surface area contributed by atoms with E-state index in [2.05, 4.69) is 18.0 Å². The molecule has 2 bridgehead atoms. The average Bonchev–Trinajstić information content (AvgIpc) is 3.39. The van der Waals surface area contributed by atoms with Gasteiger partial charge in [-0.1, -0.05) is 0 Å². The van der Waals surface area contributed by atoms with Gasteiger partial charge in [0, 0.05) is 10.7 Å². The van der Waals surface area contributed by atoms with Crippen molar-refractivity contribution in [2.75, 3.05) is 45.9 Å². The molecule has 5 unspecified atom stereocenters. The lowest BCUT2D eigenvalue weighted by atomic mass is 9.74. The van der Waals surface area contributed by atoms with Gasteiger partial charge in [-0.05, 0) is 37.4 Å². The van der Waals surface area contributed by atoms with Crippen molar-refractivity contribution >= 4 is 11.8 Å².